The molecule has 2 aromatic carbocycles. The highest BCUT2D eigenvalue weighted by molar-refractivity contribution is 5.92. The second-order valence-electron chi connectivity index (χ2n) is 7.25. The number of aryl methyl sites for hydroxylation is 3. The summed E-state index contributed by atoms with van der Waals surface area (Å²) in [5.74, 6) is -0.220. The number of rotatable bonds is 4. The van der Waals surface area contributed by atoms with Gasteiger partial charge in [0.25, 0.3) is 5.56 Å². The third-order valence-electron chi connectivity index (χ3n) is 4.93. The van der Waals surface area contributed by atoms with E-state index in [4.69, 9.17) is 0 Å². The van der Waals surface area contributed by atoms with E-state index in [-0.39, 0.29) is 18.0 Å². The van der Waals surface area contributed by atoms with Crippen LogP contribution < -0.4 is 10.9 Å². The number of nitrogens with one attached hydrogen (secondary N) is 1. The van der Waals surface area contributed by atoms with Crippen LogP contribution in [-0.4, -0.2) is 20.3 Å². The lowest BCUT2D eigenvalue weighted by molar-refractivity contribution is -0.116. The zero-order valence-electron chi connectivity index (χ0n) is 16.6. The van der Waals surface area contributed by atoms with Crippen molar-refractivity contribution in [2.24, 2.45) is 0 Å². The molecule has 0 radical (unpaired) electrons. The van der Waals surface area contributed by atoms with E-state index in [1.165, 1.54) is 4.68 Å². The molecule has 0 aliphatic rings. The fraction of sp³-hybridized carbons (Fsp3) is 0.174. The van der Waals surface area contributed by atoms with Crippen molar-refractivity contribution < 1.29 is 4.79 Å². The molecular formula is C23H22N4O2. The minimum absolute atomic E-state index is 0.0307. The van der Waals surface area contributed by atoms with E-state index in [1.54, 1.807) is 23.0 Å². The second-order valence-corrected chi connectivity index (χ2v) is 7.25. The van der Waals surface area contributed by atoms with Gasteiger partial charge in [-0.15, -0.1) is 0 Å². The maximum Gasteiger partial charge on any atom is 0.280 e. The minimum Gasteiger partial charge on any atom is -0.324 e. The number of aromatic nitrogens is 3. The smallest absolute Gasteiger partial charge is 0.280 e. The third-order valence-corrected chi connectivity index (χ3v) is 4.93. The first-order valence-electron chi connectivity index (χ1n) is 9.45. The molecule has 1 N–H and O–H groups in total. The number of hydrogen-bond acceptors (Lipinski definition) is 3. The van der Waals surface area contributed by atoms with Gasteiger partial charge in [0.1, 0.15) is 6.54 Å². The average Bonchev–Trinajstić information content (AvgIpc) is 2.98. The van der Waals surface area contributed by atoms with Crippen molar-refractivity contribution >= 4 is 22.6 Å². The van der Waals surface area contributed by atoms with E-state index in [0.717, 1.165) is 22.4 Å². The van der Waals surface area contributed by atoms with Crippen LogP contribution in [0.25, 0.3) is 16.7 Å². The van der Waals surface area contributed by atoms with Crippen LogP contribution in [0.3, 0.4) is 0 Å². The fourth-order valence-corrected chi connectivity index (χ4v) is 3.37. The molecular weight excluding hydrogens is 364 g/mol. The Morgan fingerprint density at radius 2 is 1.72 bits per heavy atom. The first-order valence-corrected chi connectivity index (χ1v) is 9.45. The molecule has 0 bridgehead atoms. The summed E-state index contributed by atoms with van der Waals surface area (Å²) in [6.45, 7) is 5.88. The van der Waals surface area contributed by atoms with Crippen molar-refractivity contribution in [1.29, 1.82) is 0 Å². The summed E-state index contributed by atoms with van der Waals surface area (Å²) in [7, 11) is 0. The van der Waals surface area contributed by atoms with E-state index >= 15 is 0 Å². The molecule has 0 aliphatic carbocycles. The van der Waals surface area contributed by atoms with Crippen molar-refractivity contribution in [2.75, 3.05) is 5.32 Å². The Kier molecular flexibility index (Phi) is 4.76. The van der Waals surface area contributed by atoms with Crippen molar-refractivity contribution in [2.45, 2.75) is 27.3 Å². The molecule has 29 heavy (non-hydrogen) atoms. The first-order chi connectivity index (χ1) is 13.9. The Bertz CT molecular complexity index is 1270. The number of carbonyl (C=O) groups excluding carboxylic acids is 1. The SMILES string of the molecule is Cc1ccc(-n2c(=O)c3cccnc3n2CC(=O)Nc2cc(C)ccc2C)cc1. The van der Waals surface area contributed by atoms with Crippen LogP contribution in [0.5, 0.6) is 0 Å². The van der Waals surface area contributed by atoms with Crippen LogP contribution in [0.4, 0.5) is 5.69 Å². The Morgan fingerprint density at radius 3 is 2.48 bits per heavy atom. The lowest BCUT2D eigenvalue weighted by Crippen LogP contribution is -2.27. The number of carbonyl (C=O) groups is 1. The second kappa shape index (κ2) is 7.39. The quantitative estimate of drug-likeness (QED) is 0.581. The summed E-state index contributed by atoms with van der Waals surface area (Å²) in [6.07, 6.45) is 1.63. The lowest BCUT2D eigenvalue weighted by Gasteiger charge is -2.14. The molecule has 0 saturated heterocycles. The van der Waals surface area contributed by atoms with E-state index < -0.39 is 0 Å². The molecule has 0 spiro atoms. The number of pyridine rings is 1. The monoisotopic (exact) mass is 386 g/mol. The van der Waals surface area contributed by atoms with Gasteiger partial charge in [0.15, 0.2) is 5.65 Å². The molecule has 146 valence electrons. The standard InChI is InChI=1S/C23H22N4O2/c1-15-7-10-18(11-8-15)27-23(29)19-5-4-12-24-22(19)26(27)14-21(28)25-20-13-16(2)6-9-17(20)3/h4-13H,14H2,1-3H3,(H,25,28). The maximum absolute atomic E-state index is 13.0. The van der Waals surface area contributed by atoms with Crippen LogP contribution in [0.15, 0.2) is 65.6 Å². The van der Waals surface area contributed by atoms with Gasteiger partial charge in [-0.25, -0.2) is 9.67 Å². The Morgan fingerprint density at radius 1 is 1.00 bits per heavy atom. The normalized spacial score (nSPS) is 11.0. The summed E-state index contributed by atoms with van der Waals surface area (Å²) >= 11 is 0. The minimum atomic E-state index is -0.220. The zero-order valence-corrected chi connectivity index (χ0v) is 16.6. The summed E-state index contributed by atoms with van der Waals surface area (Å²) in [6, 6.07) is 17.0. The number of benzene rings is 2. The summed E-state index contributed by atoms with van der Waals surface area (Å²) < 4.78 is 3.14. The Hall–Kier alpha value is -3.67. The predicted octanol–water partition coefficient (Wildman–Crippen LogP) is 3.75. The molecule has 0 aliphatic heterocycles. The molecule has 4 rings (SSSR count). The van der Waals surface area contributed by atoms with Crippen LogP contribution in [0.2, 0.25) is 0 Å². The molecule has 0 atom stereocenters. The summed E-state index contributed by atoms with van der Waals surface area (Å²) in [4.78, 5) is 30.3. The topological polar surface area (TPSA) is 68.9 Å². The van der Waals surface area contributed by atoms with Gasteiger partial charge in [-0.2, -0.15) is 0 Å². The van der Waals surface area contributed by atoms with Crippen molar-refractivity contribution in [3.05, 3.63) is 87.8 Å². The highest BCUT2D eigenvalue weighted by atomic mass is 16.2. The maximum atomic E-state index is 13.0. The Balaban J connectivity index is 1.77. The molecule has 2 heterocycles. The van der Waals surface area contributed by atoms with Crippen LogP contribution in [0.1, 0.15) is 16.7 Å². The molecule has 0 fully saturated rings. The van der Waals surface area contributed by atoms with E-state index in [9.17, 15) is 9.59 Å². The lowest BCUT2D eigenvalue weighted by atomic mass is 10.1. The van der Waals surface area contributed by atoms with E-state index in [0.29, 0.717) is 16.7 Å². The van der Waals surface area contributed by atoms with Gasteiger partial charge in [-0.1, -0.05) is 29.8 Å². The summed E-state index contributed by atoms with van der Waals surface area (Å²) in [5.41, 5.74) is 4.88. The molecule has 1 amide bonds. The number of amides is 1. The zero-order chi connectivity index (χ0) is 20.5. The Labute approximate surface area is 168 Å². The number of hydrogen-bond donors (Lipinski definition) is 1. The number of anilines is 1. The van der Waals surface area contributed by atoms with Crippen molar-refractivity contribution in [3.63, 3.8) is 0 Å². The van der Waals surface area contributed by atoms with Gasteiger partial charge in [-0.05, 0) is 62.2 Å². The molecule has 2 aromatic heterocycles. The fourth-order valence-electron chi connectivity index (χ4n) is 3.37. The first kappa shape index (κ1) is 18.7. The average molecular weight is 386 g/mol. The largest absolute Gasteiger partial charge is 0.324 e. The number of fused-ring (bicyclic) bond motifs is 1. The van der Waals surface area contributed by atoms with Gasteiger partial charge in [0.2, 0.25) is 5.91 Å². The molecule has 6 heteroatoms. The third kappa shape index (κ3) is 3.57. The van der Waals surface area contributed by atoms with Gasteiger partial charge >= 0.3 is 0 Å². The van der Waals surface area contributed by atoms with E-state index in [2.05, 4.69) is 10.3 Å². The predicted molar refractivity (Wildman–Crippen MR) is 115 cm³/mol. The van der Waals surface area contributed by atoms with Gasteiger partial charge in [0.05, 0.1) is 11.1 Å². The van der Waals surface area contributed by atoms with Gasteiger partial charge < -0.3 is 5.32 Å². The van der Waals surface area contributed by atoms with Gasteiger partial charge in [0, 0.05) is 11.9 Å². The van der Waals surface area contributed by atoms with Crippen LogP contribution in [0, 0.1) is 20.8 Å². The molecule has 6 nitrogen and oxygen atoms in total. The highest BCUT2D eigenvalue weighted by Crippen LogP contribution is 2.18. The summed E-state index contributed by atoms with van der Waals surface area (Å²) in [5, 5.41) is 3.44. The van der Waals surface area contributed by atoms with E-state index in [1.807, 2.05) is 63.2 Å². The molecule has 4 aromatic rings. The van der Waals surface area contributed by atoms with Crippen molar-refractivity contribution in [1.82, 2.24) is 14.3 Å². The van der Waals surface area contributed by atoms with Crippen LogP contribution >= 0.6 is 0 Å². The van der Waals surface area contributed by atoms with Gasteiger partial charge in [-0.3, -0.25) is 14.3 Å². The highest BCUT2D eigenvalue weighted by Gasteiger charge is 2.18. The molecule has 0 saturated carbocycles. The number of nitrogens with zero attached hydrogens (tertiary/aromatic N) is 3. The molecule has 0 unspecified atom stereocenters. The van der Waals surface area contributed by atoms with Crippen molar-refractivity contribution in [3.8, 4) is 5.69 Å². The van der Waals surface area contributed by atoms with Crippen LogP contribution in [-0.2, 0) is 11.3 Å².